The lowest BCUT2D eigenvalue weighted by Crippen LogP contribution is -2.49. The number of hydrogen-bond acceptors (Lipinski definition) is 5. The Morgan fingerprint density at radius 1 is 1.22 bits per heavy atom. The molecule has 27 heavy (non-hydrogen) atoms. The molecular weight excluding hydrogens is 348 g/mol. The van der Waals surface area contributed by atoms with Crippen LogP contribution in [0, 0.1) is 0 Å². The number of imidazole rings is 1. The number of rotatable bonds is 5. The van der Waals surface area contributed by atoms with Gasteiger partial charge < -0.3 is 14.4 Å². The lowest BCUT2D eigenvalue weighted by atomic mass is 10.2. The molecule has 0 atom stereocenters. The molecule has 9 nitrogen and oxygen atoms in total. The Morgan fingerprint density at radius 2 is 1.93 bits per heavy atom. The fourth-order valence-corrected chi connectivity index (χ4v) is 3.38. The number of aromatic amines is 1. The third kappa shape index (κ3) is 3.54. The summed E-state index contributed by atoms with van der Waals surface area (Å²) in [5.41, 5.74) is -0.166. The van der Waals surface area contributed by atoms with Crippen molar-refractivity contribution in [1.29, 1.82) is 0 Å². The van der Waals surface area contributed by atoms with Crippen molar-refractivity contribution < 1.29 is 4.79 Å². The number of amides is 1. The Kier molecular flexibility index (Phi) is 5.48. The van der Waals surface area contributed by atoms with Crippen molar-refractivity contribution >= 4 is 23.0 Å². The van der Waals surface area contributed by atoms with Crippen molar-refractivity contribution in [3.05, 3.63) is 33.0 Å². The summed E-state index contributed by atoms with van der Waals surface area (Å²) in [6.45, 7) is 6.93. The van der Waals surface area contributed by atoms with Crippen LogP contribution in [0.5, 0.6) is 0 Å². The zero-order chi connectivity index (χ0) is 19.6. The van der Waals surface area contributed by atoms with Gasteiger partial charge in [0.05, 0.1) is 0 Å². The number of H-pyrrole nitrogens is 1. The van der Waals surface area contributed by atoms with Gasteiger partial charge in [0.1, 0.15) is 0 Å². The second-order valence-corrected chi connectivity index (χ2v) is 6.70. The number of aryl methyl sites for hydroxylation is 1. The van der Waals surface area contributed by atoms with Crippen molar-refractivity contribution in [1.82, 2.24) is 24.0 Å². The van der Waals surface area contributed by atoms with Crippen LogP contribution >= 0.6 is 0 Å². The minimum atomic E-state index is -0.482. The molecule has 0 bridgehead atoms. The molecule has 3 heterocycles. The van der Waals surface area contributed by atoms with Crippen LogP contribution in [-0.4, -0.2) is 56.1 Å². The van der Waals surface area contributed by atoms with Crippen molar-refractivity contribution in [2.24, 2.45) is 7.05 Å². The van der Waals surface area contributed by atoms with E-state index in [2.05, 4.69) is 14.9 Å². The molecule has 146 valence electrons. The molecule has 1 N–H and O–H groups in total. The minimum absolute atomic E-state index is 0.179. The van der Waals surface area contributed by atoms with Gasteiger partial charge in [-0.05, 0) is 13.3 Å². The van der Waals surface area contributed by atoms with Crippen LogP contribution in [0.25, 0.3) is 11.2 Å². The molecule has 0 aliphatic carbocycles. The normalized spacial score (nSPS) is 15.2. The second kappa shape index (κ2) is 7.81. The third-order valence-electron chi connectivity index (χ3n) is 4.89. The number of carbonyl (C=O) groups is 1. The molecule has 1 fully saturated rings. The third-order valence-corrected chi connectivity index (χ3v) is 4.89. The first-order valence-corrected chi connectivity index (χ1v) is 9.31. The number of allylic oxidation sites excluding steroid dienone is 2. The van der Waals surface area contributed by atoms with Gasteiger partial charge in [-0.25, -0.2) is 4.79 Å². The van der Waals surface area contributed by atoms with Crippen molar-refractivity contribution in [3.63, 3.8) is 0 Å². The molecule has 1 aliphatic rings. The maximum atomic E-state index is 12.4. The van der Waals surface area contributed by atoms with Crippen molar-refractivity contribution in [2.45, 2.75) is 33.2 Å². The molecule has 0 unspecified atom stereocenters. The summed E-state index contributed by atoms with van der Waals surface area (Å²) in [6, 6.07) is 0. The van der Waals surface area contributed by atoms with Gasteiger partial charge in [0, 0.05) is 46.2 Å². The summed E-state index contributed by atoms with van der Waals surface area (Å²) in [5, 5.41) is 0. The summed E-state index contributed by atoms with van der Waals surface area (Å²) >= 11 is 0. The first-order valence-electron chi connectivity index (χ1n) is 9.31. The SMILES string of the molecule is C/C=C/Cn1c(N2CCN(C(=O)CCC)CC2)nc2c1c(=O)[nH]c(=O)n2C. The summed E-state index contributed by atoms with van der Waals surface area (Å²) in [5.74, 6) is 0.829. The van der Waals surface area contributed by atoms with Crippen LogP contribution in [0.1, 0.15) is 26.7 Å². The maximum absolute atomic E-state index is 12.4. The van der Waals surface area contributed by atoms with Crippen LogP contribution in [0.2, 0.25) is 0 Å². The first kappa shape index (κ1) is 18.9. The Balaban J connectivity index is 1.98. The average Bonchev–Trinajstić information content (AvgIpc) is 3.05. The number of fused-ring (bicyclic) bond motifs is 1. The van der Waals surface area contributed by atoms with Gasteiger partial charge in [-0.3, -0.25) is 19.1 Å². The molecule has 1 amide bonds. The highest BCUT2D eigenvalue weighted by molar-refractivity contribution is 5.77. The Hall–Kier alpha value is -2.84. The van der Waals surface area contributed by atoms with E-state index in [0.717, 1.165) is 6.42 Å². The number of carbonyl (C=O) groups excluding carboxylic acids is 1. The van der Waals surface area contributed by atoms with Gasteiger partial charge in [-0.2, -0.15) is 4.98 Å². The predicted molar refractivity (Wildman–Crippen MR) is 104 cm³/mol. The van der Waals surface area contributed by atoms with Crippen molar-refractivity contribution in [3.8, 4) is 0 Å². The summed E-state index contributed by atoms with van der Waals surface area (Å²) in [4.78, 5) is 47.4. The smallest absolute Gasteiger partial charge is 0.329 e. The van der Waals surface area contributed by atoms with E-state index in [9.17, 15) is 14.4 Å². The first-order chi connectivity index (χ1) is 13.0. The predicted octanol–water partition coefficient (Wildman–Crippen LogP) is 0.448. The lowest BCUT2D eigenvalue weighted by molar-refractivity contribution is -0.131. The number of nitrogens with one attached hydrogen (secondary N) is 1. The van der Waals surface area contributed by atoms with Crippen LogP contribution in [0.15, 0.2) is 21.7 Å². The quantitative estimate of drug-likeness (QED) is 0.767. The van der Waals surface area contributed by atoms with E-state index < -0.39 is 11.2 Å². The fraction of sp³-hybridized carbons (Fsp3) is 0.556. The van der Waals surface area contributed by atoms with Crippen molar-refractivity contribution in [2.75, 3.05) is 31.1 Å². The Labute approximate surface area is 156 Å². The van der Waals surface area contributed by atoms with Gasteiger partial charge >= 0.3 is 5.69 Å². The van der Waals surface area contributed by atoms with Gasteiger partial charge in [0.25, 0.3) is 5.56 Å². The fourth-order valence-electron chi connectivity index (χ4n) is 3.38. The van der Waals surface area contributed by atoms with Gasteiger partial charge in [-0.15, -0.1) is 0 Å². The minimum Gasteiger partial charge on any atom is -0.339 e. The molecule has 1 aliphatic heterocycles. The highest BCUT2D eigenvalue weighted by atomic mass is 16.2. The van der Waals surface area contributed by atoms with Gasteiger partial charge in [0.15, 0.2) is 11.2 Å². The van der Waals surface area contributed by atoms with E-state index in [4.69, 9.17) is 0 Å². The van der Waals surface area contributed by atoms with Crippen LogP contribution in [0.3, 0.4) is 0 Å². The van der Waals surface area contributed by atoms with E-state index in [1.54, 1.807) is 7.05 Å². The molecular formula is C18H26N6O3. The number of piperazine rings is 1. The largest absolute Gasteiger partial charge is 0.339 e. The van der Waals surface area contributed by atoms with Gasteiger partial charge in [0.2, 0.25) is 11.9 Å². The molecule has 1 saturated heterocycles. The Morgan fingerprint density at radius 3 is 2.56 bits per heavy atom. The molecule has 0 spiro atoms. The molecule has 0 saturated carbocycles. The zero-order valence-electron chi connectivity index (χ0n) is 16.1. The van der Waals surface area contributed by atoms with E-state index in [1.165, 1.54) is 4.57 Å². The summed E-state index contributed by atoms with van der Waals surface area (Å²) in [7, 11) is 1.60. The standard InChI is InChI=1S/C18H26N6O3/c1-4-6-8-24-14-15(21(3)18(27)20-16(14)26)19-17(24)23-11-9-22(10-12-23)13(25)7-5-2/h4,6H,5,7-12H2,1-3H3,(H,20,26,27)/b6-4+. The topological polar surface area (TPSA) is 96.2 Å². The molecule has 0 aromatic carbocycles. The molecule has 2 aromatic heterocycles. The molecule has 9 heteroatoms. The average molecular weight is 374 g/mol. The van der Waals surface area contributed by atoms with Crippen LogP contribution < -0.4 is 16.1 Å². The molecule has 2 aromatic rings. The molecule has 0 radical (unpaired) electrons. The maximum Gasteiger partial charge on any atom is 0.329 e. The zero-order valence-corrected chi connectivity index (χ0v) is 16.1. The van der Waals surface area contributed by atoms with E-state index >= 15 is 0 Å². The van der Waals surface area contributed by atoms with Crippen LogP contribution in [-0.2, 0) is 18.4 Å². The Bertz CT molecular complexity index is 975. The monoisotopic (exact) mass is 374 g/mol. The second-order valence-electron chi connectivity index (χ2n) is 6.70. The highest BCUT2D eigenvalue weighted by Crippen LogP contribution is 2.21. The number of hydrogen-bond donors (Lipinski definition) is 1. The summed E-state index contributed by atoms with van der Waals surface area (Å²) in [6.07, 6.45) is 5.26. The highest BCUT2D eigenvalue weighted by Gasteiger charge is 2.26. The lowest BCUT2D eigenvalue weighted by Gasteiger charge is -2.35. The molecule has 3 rings (SSSR count). The summed E-state index contributed by atoms with van der Waals surface area (Å²) < 4.78 is 3.19. The van der Waals surface area contributed by atoms with Crippen LogP contribution in [0.4, 0.5) is 5.95 Å². The van der Waals surface area contributed by atoms with E-state index in [-0.39, 0.29) is 5.91 Å². The van der Waals surface area contributed by atoms with Gasteiger partial charge in [-0.1, -0.05) is 19.1 Å². The van der Waals surface area contributed by atoms with E-state index in [1.807, 2.05) is 35.5 Å². The number of aromatic nitrogens is 4. The number of anilines is 1. The number of nitrogens with zero attached hydrogens (tertiary/aromatic N) is 5. The van der Waals surface area contributed by atoms with E-state index in [0.29, 0.717) is 56.3 Å².